The van der Waals surface area contributed by atoms with E-state index in [0.717, 1.165) is 17.9 Å². The van der Waals surface area contributed by atoms with Crippen LogP contribution in [0.4, 0.5) is 0 Å². The monoisotopic (exact) mass is 271 g/mol. The first kappa shape index (κ1) is 14.1. The molecule has 2 aliphatic rings. The molecule has 110 valence electrons. The Morgan fingerprint density at radius 3 is 2.30 bits per heavy atom. The molecule has 3 rings (SSSR count). The van der Waals surface area contributed by atoms with Gasteiger partial charge in [-0.2, -0.15) is 0 Å². The van der Waals surface area contributed by atoms with Crippen LogP contribution in [0, 0.1) is 5.92 Å². The summed E-state index contributed by atoms with van der Waals surface area (Å²) in [6.07, 6.45) is 7.00. The number of hydrogen-bond acceptors (Lipinski definition) is 1. The molecule has 20 heavy (non-hydrogen) atoms. The average molecular weight is 271 g/mol. The van der Waals surface area contributed by atoms with E-state index in [9.17, 15) is 0 Å². The van der Waals surface area contributed by atoms with Crippen molar-refractivity contribution in [3.05, 3.63) is 35.4 Å². The molecular weight excluding hydrogens is 242 g/mol. The lowest BCUT2D eigenvalue weighted by molar-refractivity contribution is 0.442. The lowest BCUT2D eigenvalue weighted by Gasteiger charge is -2.23. The summed E-state index contributed by atoms with van der Waals surface area (Å²) in [6.45, 7) is 8.11. The van der Waals surface area contributed by atoms with Crippen molar-refractivity contribution in [3.63, 3.8) is 0 Å². The summed E-state index contributed by atoms with van der Waals surface area (Å²) in [5.74, 6) is 1.64. The summed E-state index contributed by atoms with van der Waals surface area (Å²) >= 11 is 0. The van der Waals surface area contributed by atoms with Crippen molar-refractivity contribution < 1.29 is 0 Å². The predicted molar refractivity (Wildman–Crippen MR) is 86.2 cm³/mol. The average Bonchev–Trinajstić information content (AvgIpc) is 3.12. The molecule has 0 aliphatic heterocycles. The van der Waals surface area contributed by atoms with Gasteiger partial charge in [0, 0.05) is 6.04 Å². The molecule has 1 nitrogen and oxygen atoms in total. The van der Waals surface area contributed by atoms with Gasteiger partial charge in [0.25, 0.3) is 0 Å². The summed E-state index contributed by atoms with van der Waals surface area (Å²) in [7, 11) is 0. The van der Waals surface area contributed by atoms with Crippen molar-refractivity contribution in [2.45, 2.75) is 70.3 Å². The Morgan fingerprint density at radius 1 is 1.00 bits per heavy atom. The van der Waals surface area contributed by atoms with Crippen molar-refractivity contribution in [2.24, 2.45) is 5.92 Å². The van der Waals surface area contributed by atoms with E-state index in [2.05, 4.69) is 50.4 Å². The fourth-order valence-corrected chi connectivity index (χ4v) is 3.56. The second kappa shape index (κ2) is 5.52. The molecule has 1 heteroatoms. The van der Waals surface area contributed by atoms with Crippen LogP contribution in [0.15, 0.2) is 24.3 Å². The molecule has 0 saturated heterocycles. The van der Waals surface area contributed by atoms with Crippen molar-refractivity contribution in [2.75, 3.05) is 6.54 Å². The third kappa shape index (κ3) is 3.25. The molecule has 0 aromatic heterocycles. The van der Waals surface area contributed by atoms with Gasteiger partial charge < -0.3 is 5.32 Å². The summed E-state index contributed by atoms with van der Waals surface area (Å²) < 4.78 is 0. The van der Waals surface area contributed by atoms with Crippen LogP contribution in [-0.2, 0) is 5.41 Å². The molecule has 2 saturated carbocycles. The zero-order valence-corrected chi connectivity index (χ0v) is 13.3. The molecule has 2 aliphatic carbocycles. The molecule has 0 heterocycles. The first-order chi connectivity index (χ1) is 9.54. The van der Waals surface area contributed by atoms with E-state index in [1.165, 1.54) is 44.2 Å². The topological polar surface area (TPSA) is 12.0 Å². The third-order valence-corrected chi connectivity index (χ3v) is 5.11. The Hall–Kier alpha value is -0.820. The lowest BCUT2D eigenvalue weighted by Crippen LogP contribution is -2.26. The van der Waals surface area contributed by atoms with E-state index < -0.39 is 0 Å². The van der Waals surface area contributed by atoms with Crippen LogP contribution in [0.1, 0.15) is 69.9 Å². The highest BCUT2D eigenvalue weighted by molar-refractivity contribution is 5.30. The zero-order chi connectivity index (χ0) is 14.2. The molecule has 0 radical (unpaired) electrons. The van der Waals surface area contributed by atoms with Gasteiger partial charge in [0.05, 0.1) is 0 Å². The van der Waals surface area contributed by atoms with Crippen LogP contribution in [0.25, 0.3) is 0 Å². The number of rotatable bonds is 4. The first-order valence-electron chi connectivity index (χ1n) is 8.38. The molecule has 2 unspecified atom stereocenters. The van der Waals surface area contributed by atoms with E-state index in [0.29, 0.717) is 0 Å². The van der Waals surface area contributed by atoms with Gasteiger partial charge in [0.1, 0.15) is 0 Å². The summed E-state index contributed by atoms with van der Waals surface area (Å²) in [5, 5.41) is 3.73. The van der Waals surface area contributed by atoms with Crippen LogP contribution in [0.3, 0.4) is 0 Å². The Balaban J connectivity index is 1.67. The van der Waals surface area contributed by atoms with Crippen LogP contribution >= 0.6 is 0 Å². The predicted octanol–water partition coefficient (Wildman–Crippen LogP) is 4.62. The van der Waals surface area contributed by atoms with Gasteiger partial charge in [-0.05, 0) is 60.6 Å². The maximum absolute atomic E-state index is 3.73. The fourth-order valence-electron chi connectivity index (χ4n) is 3.56. The van der Waals surface area contributed by atoms with Crippen LogP contribution in [0.2, 0.25) is 0 Å². The highest BCUT2D eigenvalue weighted by Gasteiger charge is 2.30. The fraction of sp³-hybridized carbons (Fsp3) is 0.684. The molecule has 0 amide bonds. The lowest BCUT2D eigenvalue weighted by atomic mass is 9.83. The largest absolute Gasteiger partial charge is 0.314 e. The molecular formula is C19H29N. The van der Waals surface area contributed by atoms with Crippen LogP contribution < -0.4 is 5.32 Å². The molecule has 2 fully saturated rings. The standard InChI is InChI=1S/C19H29N/c1-19(2,3)16-9-7-14(8-10-16)18-6-4-5-15(18)13-20-17-11-12-17/h7-10,15,17-18,20H,4-6,11-13H2,1-3H3. The second-order valence-corrected chi connectivity index (χ2v) is 7.85. The number of benzene rings is 1. The Bertz CT molecular complexity index is 436. The van der Waals surface area contributed by atoms with Gasteiger partial charge in [-0.1, -0.05) is 51.5 Å². The minimum Gasteiger partial charge on any atom is -0.314 e. The molecule has 1 N–H and O–H groups in total. The number of nitrogens with one attached hydrogen (secondary N) is 1. The van der Waals surface area contributed by atoms with Gasteiger partial charge in [-0.25, -0.2) is 0 Å². The maximum Gasteiger partial charge on any atom is 0.00683 e. The van der Waals surface area contributed by atoms with E-state index in [-0.39, 0.29) is 5.41 Å². The molecule has 0 spiro atoms. The van der Waals surface area contributed by atoms with E-state index in [1.807, 2.05) is 0 Å². The van der Waals surface area contributed by atoms with E-state index >= 15 is 0 Å². The first-order valence-corrected chi connectivity index (χ1v) is 8.38. The summed E-state index contributed by atoms with van der Waals surface area (Å²) in [6, 6.07) is 10.3. The van der Waals surface area contributed by atoms with Crippen LogP contribution in [0.5, 0.6) is 0 Å². The zero-order valence-electron chi connectivity index (χ0n) is 13.3. The minimum absolute atomic E-state index is 0.265. The Morgan fingerprint density at radius 2 is 1.70 bits per heavy atom. The van der Waals surface area contributed by atoms with Crippen LogP contribution in [-0.4, -0.2) is 12.6 Å². The highest BCUT2D eigenvalue weighted by atomic mass is 14.9. The normalized spacial score (nSPS) is 26.9. The molecule has 2 atom stereocenters. The van der Waals surface area contributed by atoms with Gasteiger partial charge in [-0.3, -0.25) is 0 Å². The third-order valence-electron chi connectivity index (χ3n) is 5.11. The van der Waals surface area contributed by atoms with Crippen molar-refractivity contribution in [1.29, 1.82) is 0 Å². The van der Waals surface area contributed by atoms with E-state index in [1.54, 1.807) is 5.56 Å². The maximum atomic E-state index is 3.73. The van der Waals surface area contributed by atoms with Crippen molar-refractivity contribution >= 4 is 0 Å². The van der Waals surface area contributed by atoms with Gasteiger partial charge in [0.15, 0.2) is 0 Å². The van der Waals surface area contributed by atoms with Gasteiger partial charge in [-0.15, -0.1) is 0 Å². The SMILES string of the molecule is CC(C)(C)c1ccc(C2CCCC2CNC2CC2)cc1. The quantitative estimate of drug-likeness (QED) is 0.842. The Kier molecular flexibility index (Phi) is 3.90. The van der Waals surface area contributed by atoms with Gasteiger partial charge >= 0.3 is 0 Å². The molecule has 1 aromatic carbocycles. The second-order valence-electron chi connectivity index (χ2n) is 7.85. The van der Waals surface area contributed by atoms with Gasteiger partial charge in [0.2, 0.25) is 0 Å². The smallest absolute Gasteiger partial charge is 0.00683 e. The highest BCUT2D eigenvalue weighted by Crippen LogP contribution is 2.40. The molecule has 0 bridgehead atoms. The summed E-state index contributed by atoms with van der Waals surface area (Å²) in [5.41, 5.74) is 3.28. The van der Waals surface area contributed by atoms with Crippen molar-refractivity contribution in [3.8, 4) is 0 Å². The number of hydrogen-bond donors (Lipinski definition) is 1. The van der Waals surface area contributed by atoms with Crippen molar-refractivity contribution in [1.82, 2.24) is 5.32 Å². The summed E-state index contributed by atoms with van der Waals surface area (Å²) in [4.78, 5) is 0. The molecule has 1 aromatic rings. The minimum atomic E-state index is 0.265. The van der Waals surface area contributed by atoms with E-state index in [4.69, 9.17) is 0 Å². The Labute approximate surface area is 124 Å².